The topological polar surface area (TPSA) is 56.0 Å². The number of rotatable bonds is 4. The molecular formula is C24H19BrN2O. The van der Waals surface area contributed by atoms with Gasteiger partial charge in [0.05, 0.1) is 6.07 Å². The first kappa shape index (κ1) is 18.5. The van der Waals surface area contributed by atoms with Gasteiger partial charge in [-0.2, -0.15) is 5.26 Å². The van der Waals surface area contributed by atoms with Crippen molar-refractivity contribution in [2.75, 3.05) is 5.32 Å². The van der Waals surface area contributed by atoms with Crippen molar-refractivity contribution in [3.63, 3.8) is 0 Å². The zero-order chi connectivity index (χ0) is 19.6. The number of nitrogens with zero attached hydrogens (tertiary/aromatic N) is 1. The molecule has 2 atom stereocenters. The molecule has 0 saturated heterocycles. The normalized spacial score (nSPS) is 23.7. The minimum Gasteiger partial charge on any atom is -0.380 e. The summed E-state index contributed by atoms with van der Waals surface area (Å²) in [5, 5.41) is 25.2. The van der Waals surface area contributed by atoms with Crippen LogP contribution in [-0.2, 0) is 5.60 Å². The third kappa shape index (κ3) is 3.35. The van der Waals surface area contributed by atoms with E-state index in [1.54, 1.807) is 0 Å². The Bertz CT molecular complexity index is 1040. The van der Waals surface area contributed by atoms with Crippen LogP contribution >= 0.6 is 15.9 Å². The highest BCUT2D eigenvalue weighted by molar-refractivity contribution is 9.10. The summed E-state index contributed by atoms with van der Waals surface area (Å²) in [5.41, 5.74) is 0.962. The van der Waals surface area contributed by atoms with Gasteiger partial charge in [0.1, 0.15) is 11.1 Å². The number of anilines is 1. The van der Waals surface area contributed by atoms with Crippen molar-refractivity contribution < 1.29 is 5.11 Å². The van der Waals surface area contributed by atoms with Crippen molar-refractivity contribution in [2.24, 2.45) is 0 Å². The van der Waals surface area contributed by atoms with Crippen LogP contribution in [0.5, 0.6) is 0 Å². The molecule has 0 heterocycles. The number of nitriles is 1. The molecule has 0 amide bonds. The Morgan fingerprint density at radius 3 is 2.11 bits per heavy atom. The second kappa shape index (κ2) is 7.27. The van der Waals surface area contributed by atoms with Crippen LogP contribution < -0.4 is 5.32 Å². The van der Waals surface area contributed by atoms with Crippen LogP contribution in [-0.4, -0.2) is 10.6 Å². The second-order valence-corrected chi connectivity index (χ2v) is 7.96. The number of nitrogens with one attached hydrogen (secondary N) is 1. The molecule has 0 aliphatic heterocycles. The molecule has 28 heavy (non-hydrogen) atoms. The maximum atomic E-state index is 11.8. The number of halogens is 1. The summed E-state index contributed by atoms with van der Waals surface area (Å²) in [6, 6.07) is 29.4. The van der Waals surface area contributed by atoms with Crippen molar-refractivity contribution in [3.8, 4) is 6.07 Å². The molecular weight excluding hydrogens is 412 g/mol. The van der Waals surface area contributed by atoms with Crippen molar-refractivity contribution in [2.45, 2.75) is 17.6 Å². The lowest BCUT2D eigenvalue weighted by Crippen LogP contribution is -2.37. The predicted octanol–water partition coefficient (Wildman–Crippen LogP) is 5.50. The predicted molar refractivity (Wildman–Crippen MR) is 115 cm³/mol. The smallest absolute Gasteiger partial charge is 0.148 e. The molecule has 4 heteroatoms. The highest BCUT2D eigenvalue weighted by Gasteiger charge is 2.50. The van der Waals surface area contributed by atoms with Gasteiger partial charge in [0.25, 0.3) is 0 Å². The lowest BCUT2D eigenvalue weighted by Gasteiger charge is -2.30. The van der Waals surface area contributed by atoms with Crippen LogP contribution in [0.1, 0.15) is 17.5 Å². The lowest BCUT2D eigenvalue weighted by atomic mass is 9.82. The molecule has 2 N–H and O–H groups in total. The highest BCUT2D eigenvalue weighted by atomic mass is 79.9. The van der Waals surface area contributed by atoms with E-state index in [9.17, 15) is 10.4 Å². The Balaban J connectivity index is 1.82. The van der Waals surface area contributed by atoms with Crippen LogP contribution in [0, 0.1) is 11.3 Å². The average Bonchev–Trinajstić information content (AvgIpc) is 3.05. The summed E-state index contributed by atoms with van der Waals surface area (Å²) >= 11 is 3.43. The molecule has 3 nitrogen and oxygen atoms in total. The molecule has 1 aliphatic rings. The fourth-order valence-corrected chi connectivity index (χ4v) is 4.06. The Morgan fingerprint density at radius 1 is 0.893 bits per heavy atom. The molecule has 0 bridgehead atoms. The van der Waals surface area contributed by atoms with Crippen molar-refractivity contribution in [1.82, 2.24) is 0 Å². The van der Waals surface area contributed by atoms with Gasteiger partial charge in [-0.3, -0.25) is 0 Å². The second-order valence-electron chi connectivity index (χ2n) is 7.04. The van der Waals surface area contributed by atoms with E-state index in [4.69, 9.17) is 0 Å². The Kier molecular flexibility index (Phi) is 4.80. The number of hydrogen-bond acceptors (Lipinski definition) is 3. The van der Waals surface area contributed by atoms with Crippen LogP contribution in [0.3, 0.4) is 0 Å². The molecule has 2 unspecified atom stereocenters. The van der Waals surface area contributed by atoms with Gasteiger partial charge in [-0.05, 0) is 47.0 Å². The maximum absolute atomic E-state index is 11.8. The van der Waals surface area contributed by atoms with Crippen LogP contribution in [0.15, 0.2) is 95.5 Å². The van der Waals surface area contributed by atoms with Crippen LogP contribution in [0.2, 0.25) is 0 Å². The van der Waals surface area contributed by atoms with E-state index in [1.165, 1.54) is 0 Å². The third-order valence-electron chi connectivity index (χ3n) is 5.12. The fourth-order valence-electron chi connectivity index (χ4n) is 3.80. The number of aliphatic hydroxyl groups is 1. The first-order chi connectivity index (χ1) is 13.5. The highest BCUT2D eigenvalue weighted by Crippen LogP contribution is 2.49. The summed E-state index contributed by atoms with van der Waals surface area (Å²) in [7, 11) is 0. The zero-order valence-electron chi connectivity index (χ0n) is 15.1. The van der Waals surface area contributed by atoms with E-state index in [-0.39, 0.29) is 6.42 Å². The van der Waals surface area contributed by atoms with Gasteiger partial charge in [0.15, 0.2) is 0 Å². The molecule has 0 radical (unpaired) electrons. The largest absolute Gasteiger partial charge is 0.380 e. The minimum atomic E-state index is -1.26. The summed E-state index contributed by atoms with van der Waals surface area (Å²) < 4.78 is 0.969. The van der Waals surface area contributed by atoms with Gasteiger partial charge < -0.3 is 10.4 Å². The lowest BCUT2D eigenvalue weighted by molar-refractivity contribution is 0.0919. The quantitative estimate of drug-likeness (QED) is 0.574. The van der Waals surface area contributed by atoms with Gasteiger partial charge in [0, 0.05) is 16.6 Å². The van der Waals surface area contributed by atoms with E-state index >= 15 is 0 Å². The summed E-state index contributed by atoms with van der Waals surface area (Å²) in [4.78, 5) is 0. The van der Waals surface area contributed by atoms with Gasteiger partial charge in [-0.15, -0.1) is 0 Å². The third-order valence-corrected chi connectivity index (χ3v) is 5.65. The Labute approximate surface area is 173 Å². The molecule has 1 aliphatic carbocycles. The van der Waals surface area contributed by atoms with E-state index in [0.717, 1.165) is 26.9 Å². The summed E-state index contributed by atoms with van der Waals surface area (Å²) in [6.45, 7) is 0. The van der Waals surface area contributed by atoms with Gasteiger partial charge in [0.2, 0.25) is 0 Å². The average molecular weight is 431 g/mol. The van der Waals surface area contributed by atoms with Crippen LogP contribution in [0.25, 0.3) is 5.57 Å². The molecule has 3 aromatic carbocycles. The zero-order valence-corrected chi connectivity index (χ0v) is 16.7. The van der Waals surface area contributed by atoms with Crippen molar-refractivity contribution >= 4 is 27.2 Å². The van der Waals surface area contributed by atoms with Gasteiger partial charge in [-0.25, -0.2) is 0 Å². The molecule has 3 aromatic rings. The first-order valence-electron chi connectivity index (χ1n) is 9.06. The van der Waals surface area contributed by atoms with Gasteiger partial charge >= 0.3 is 0 Å². The summed E-state index contributed by atoms with van der Waals surface area (Å²) in [5.74, 6) is 0. The molecule has 0 spiro atoms. The molecule has 138 valence electrons. The van der Waals surface area contributed by atoms with E-state index in [1.807, 2.05) is 91.0 Å². The molecule has 0 fully saturated rings. The molecule has 4 rings (SSSR count). The van der Waals surface area contributed by atoms with E-state index in [2.05, 4.69) is 27.3 Å². The SMILES string of the molecule is N#CC1(Nc2ccc(Br)cc2)C=C(c2ccccc2)C(O)(c2ccccc2)C1. The Morgan fingerprint density at radius 2 is 1.50 bits per heavy atom. The number of hydrogen-bond donors (Lipinski definition) is 2. The monoisotopic (exact) mass is 430 g/mol. The van der Waals surface area contributed by atoms with E-state index < -0.39 is 11.1 Å². The van der Waals surface area contributed by atoms with Crippen molar-refractivity contribution in [1.29, 1.82) is 5.26 Å². The maximum Gasteiger partial charge on any atom is 0.148 e. The standard InChI is InChI=1S/C24H19BrN2O/c25-20-11-13-21(14-12-20)27-23(17-26)15-22(18-7-3-1-4-8-18)24(28,16-23)19-9-5-2-6-10-19/h1-15,27-28H,16H2. The van der Waals surface area contributed by atoms with E-state index in [0.29, 0.717) is 0 Å². The Hall–Kier alpha value is -2.87. The minimum absolute atomic E-state index is 0.223. The van der Waals surface area contributed by atoms with Gasteiger partial charge in [-0.1, -0.05) is 76.6 Å². The van der Waals surface area contributed by atoms with Crippen molar-refractivity contribution in [3.05, 3.63) is 107 Å². The number of benzene rings is 3. The molecule has 0 aromatic heterocycles. The first-order valence-corrected chi connectivity index (χ1v) is 9.86. The summed E-state index contributed by atoms with van der Waals surface area (Å²) in [6.07, 6.45) is 2.10. The van der Waals surface area contributed by atoms with Crippen LogP contribution in [0.4, 0.5) is 5.69 Å². The molecule has 0 saturated carbocycles. The fraction of sp³-hybridized carbons (Fsp3) is 0.125.